The van der Waals surface area contributed by atoms with Crippen LogP contribution in [0.2, 0.25) is 0 Å². The molecule has 2 aliphatic rings. The standard InChI is InChI=1S/C21H27N5O3S/c1-30(28,29)26-9-7-18(8-10-26)21(27)25-13-11-24(12-14-25)20-15-19(22-16-23-20)17-5-3-2-4-6-17/h2-6,15-16,18H,7-14H2,1H3. The minimum atomic E-state index is -3.17. The second kappa shape index (κ2) is 8.69. The van der Waals surface area contributed by atoms with Gasteiger partial charge in [-0.05, 0) is 12.8 Å². The molecule has 9 heteroatoms. The van der Waals surface area contributed by atoms with E-state index < -0.39 is 10.0 Å². The Balaban J connectivity index is 1.34. The van der Waals surface area contributed by atoms with Crippen LogP contribution in [0.3, 0.4) is 0 Å². The third-order valence-electron chi connectivity index (χ3n) is 5.91. The van der Waals surface area contributed by atoms with E-state index in [-0.39, 0.29) is 11.8 Å². The number of carbonyl (C=O) groups is 1. The molecule has 1 amide bonds. The van der Waals surface area contributed by atoms with Gasteiger partial charge in [0.25, 0.3) is 0 Å². The molecule has 0 aliphatic carbocycles. The zero-order chi connectivity index (χ0) is 21.1. The first kappa shape index (κ1) is 20.7. The summed E-state index contributed by atoms with van der Waals surface area (Å²) in [4.78, 5) is 25.8. The Morgan fingerprint density at radius 2 is 1.63 bits per heavy atom. The number of anilines is 1. The van der Waals surface area contributed by atoms with Crippen LogP contribution in [-0.4, -0.2) is 79.0 Å². The normalized spacial score (nSPS) is 19.1. The van der Waals surface area contributed by atoms with Crippen LogP contribution in [-0.2, 0) is 14.8 Å². The molecule has 0 atom stereocenters. The molecule has 30 heavy (non-hydrogen) atoms. The summed E-state index contributed by atoms with van der Waals surface area (Å²) in [5, 5.41) is 0. The van der Waals surface area contributed by atoms with Crippen molar-refractivity contribution in [2.75, 3.05) is 50.4 Å². The Morgan fingerprint density at radius 1 is 0.967 bits per heavy atom. The van der Waals surface area contributed by atoms with Crippen molar-refractivity contribution in [3.05, 3.63) is 42.7 Å². The summed E-state index contributed by atoms with van der Waals surface area (Å²) in [6.45, 7) is 3.60. The maximum Gasteiger partial charge on any atom is 0.225 e. The maximum absolute atomic E-state index is 12.9. The Labute approximate surface area is 177 Å². The number of benzene rings is 1. The van der Waals surface area contributed by atoms with Gasteiger partial charge in [-0.25, -0.2) is 22.7 Å². The molecule has 160 valence electrons. The zero-order valence-corrected chi connectivity index (χ0v) is 18.0. The average Bonchev–Trinajstić information content (AvgIpc) is 2.79. The van der Waals surface area contributed by atoms with E-state index in [1.165, 1.54) is 10.6 Å². The highest BCUT2D eigenvalue weighted by atomic mass is 32.2. The van der Waals surface area contributed by atoms with Crippen LogP contribution >= 0.6 is 0 Å². The van der Waals surface area contributed by atoms with Crippen molar-refractivity contribution in [3.8, 4) is 11.3 Å². The lowest BCUT2D eigenvalue weighted by molar-refractivity contribution is -0.137. The van der Waals surface area contributed by atoms with Gasteiger partial charge in [-0.2, -0.15) is 0 Å². The number of sulfonamides is 1. The monoisotopic (exact) mass is 429 g/mol. The molecule has 2 aliphatic heterocycles. The van der Waals surface area contributed by atoms with Gasteiger partial charge in [0, 0.05) is 56.8 Å². The third-order valence-corrected chi connectivity index (χ3v) is 7.21. The van der Waals surface area contributed by atoms with E-state index in [1.54, 1.807) is 6.33 Å². The maximum atomic E-state index is 12.9. The number of piperidine rings is 1. The van der Waals surface area contributed by atoms with Gasteiger partial charge in [-0.15, -0.1) is 0 Å². The Hall–Kier alpha value is -2.52. The van der Waals surface area contributed by atoms with Crippen molar-refractivity contribution in [3.63, 3.8) is 0 Å². The van der Waals surface area contributed by atoms with E-state index >= 15 is 0 Å². The number of carbonyl (C=O) groups excluding carboxylic acids is 1. The van der Waals surface area contributed by atoms with Gasteiger partial charge in [0.15, 0.2) is 0 Å². The summed E-state index contributed by atoms with van der Waals surface area (Å²) >= 11 is 0. The predicted octanol–water partition coefficient (Wildman–Crippen LogP) is 1.46. The highest BCUT2D eigenvalue weighted by Gasteiger charge is 2.32. The highest BCUT2D eigenvalue weighted by molar-refractivity contribution is 7.88. The van der Waals surface area contributed by atoms with Gasteiger partial charge in [0.1, 0.15) is 12.1 Å². The summed E-state index contributed by atoms with van der Waals surface area (Å²) in [5.74, 6) is 0.936. The van der Waals surface area contributed by atoms with Crippen LogP contribution in [0.4, 0.5) is 5.82 Å². The van der Waals surface area contributed by atoms with Crippen molar-refractivity contribution < 1.29 is 13.2 Å². The van der Waals surface area contributed by atoms with Crippen LogP contribution < -0.4 is 4.90 Å². The van der Waals surface area contributed by atoms with E-state index in [0.29, 0.717) is 39.0 Å². The summed E-state index contributed by atoms with van der Waals surface area (Å²) in [5.41, 5.74) is 1.94. The fourth-order valence-electron chi connectivity index (χ4n) is 4.14. The first-order valence-electron chi connectivity index (χ1n) is 10.3. The molecule has 0 N–H and O–H groups in total. The van der Waals surface area contributed by atoms with E-state index in [9.17, 15) is 13.2 Å². The second-order valence-corrected chi connectivity index (χ2v) is 9.86. The molecule has 3 heterocycles. The van der Waals surface area contributed by atoms with Gasteiger partial charge in [-0.3, -0.25) is 4.79 Å². The third kappa shape index (κ3) is 4.62. The topological polar surface area (TPSA) is 86.7 Å². The quantitative estimate of drug-likeness (QED) is 0.731. The van der Waals surface area contributed by atoms with Crippen LogP contribution in [0.25, 0.3) is 11.3 Å². The molecule has 2 fully saturated rings. The van der Waals surface area contributed by atoms with Gasteiger partial charge in [-0.1, -0.05) is 30.3 Å². The first-order chi connectivity index (χ1) is 14.4. The summed E-state index contributed by atoms with van der Waals surface area (Å²) < 4.78 is 24.8. The number of hydrogen-bond acceptors (Lipinski definition) is 6. The number of rotatable bonds is 4. The SMILES string of the molecule is CS(=O)(=O)N1CCC(C(=O)N2CCN(c3cc(-c4ccccc4)ncn3)CC2)CC1. The van der Waals surface area contributed by atoms with E-state index in [1.807, 2.05) is 41.3 Å². The number of hydrogen-bond donors (Lipinski definition) is 0. The molecule has 4 rings (SSSR count). The van der Waals surface area contributed by atoms with Crippen molar-refractivity contribution in [1.82, 2.24) is 19.2 Å². The zero-order valence-electron chi connectivity index (χ0n) is 17.1. The summed E-state index contributed by atoms with van der Waals surface area (Å²) in [7, 11) is -3.17. The number of nitrogens with zero attached hydrogens (tertiary/aromatic N) is 5. The molecule has 2 aromatic rings. The lowest BCUT2D eigenvalue weighted by Crippen LogP contribution is -2.52. The molecule has 2 saturated heterocycles. The predicted molar refractivity (Wildman–Crippen MR) is 115 cm³/mol. The fourth-order valence-corrected chi connectivity index (χ4v) is 5.01. The Kier molecular flexibility index (Phi) is 6.01. The number of piperazine rings is 1. The molecule has 0 unspecified atom stereocenters. The molecular weight excluding hydrogens is 402 g/mol. The van der Waals surface area contributed by atoms with Crippen molar-refractivity contribution >= 4 is 21.7 Å². The van der Waals surface area contributed by atoms with E-state index in [0.717, 1.165) is 30.2 Å². The van der Waals surface area contributed by atoms with Crippen LogP contribution in [0.15, 0.2) is 42.7 Å². The smallest absolute Gasteiger partial charge is 0.225 e. The molecule has 0 bridgehead atoms. The fraction of sp³-hybridized carbons (Fsp3) is 0.476. The van der Waals surface area contributed by atoms with Crippen LogP contribution in [0.1, 0.15) is 12.8 Å². The van der Waals surface area contributed by atoms with Crippen LogP contribution in [0, 0.1) is 5.92 Å². The second-order valence-electron chi connectivity index (χ2n) is 7.88. The molecule has 0 radical (unpaired) electrons. The largest absolute Gasteiger partial charge is 0.353 e. The van der Waals surface area contributed by atoms with Gasteiger partial charge in [0.05, 0.1) is 11.9 Å². The summed E-state index contributed by atoms with van der Waals surface area (Å²) in [6.07, 6.45) is 4.01. The Bertz CT molecular complexity index is 983. The van der Waals surface area contributed by atoms with Crippen molar-refractivity contribution in [2.45, 2.75) is 12.8 Å². The van der Waals surface area contributed by atoms with Gasteiger partial charge >= 0.3 is 0 Å². The molecule has 1 aromatic carbocycles. The van der Waals surface area contributed by atoms with Crippen LogP contribution in [0.5, 0.6) is 0 Å². The molecule has 8 nitrogen and oxygen atoms in total. The minimum Gasteiger partial charge on any atom is -0.353 e. The average molecular weight is 430 g/mol. The Morgan fingerprint density at radius 3 is 2.27 bits per heavy atom. The van der Waals surface area contributed by atoms with Crippen molar-refractivity contribution in [1.29, 1.82) is 0 Å². The highest BCUT2D eigenvalue weighted by Crippen LogP contribution is 2.24. The molecular formula is C21H27N5O3S. The minimum absolute atomic E-state index is 0.0849. The summed E-state index contributed by atoms with van der Waals surface area (Å²) in [6, 6.07) is 12.0. The lowest BCUT2D eigenvalue weighted by atomic mass is 9.96. The first-order valence-corrected chi connectivity index (χ1v) is 12.1. The molecule has 1 aromatic heterocycles. The molecule has 0 spiro atoms. The van der Waals surface area contributed by atoms with Crippen molar-refractivity contribution in [2.24, 2.45) is 5.92 Å². The van der Waals surface area contributed by atoms with Gasteiger partial charge < -0.3 is 9.80 Å². The molecule has 0 saturated carbocycles. The lowest BCUT2D eigenvalue weighted by Gasteiger charge is -2.38. The number of aromatic nitrogens is 2. The van der Waals surface area contributed by atoms with E-state index in [2.05, 4.69) is 14.9 Å². The van der Waals surface area contributed by atoms with Gasteiger partial charge in [0.2, 0.25) is 15.9 Å². The number of amides is 1. The van der Waals surface area contributed by atoms with E-state index in [4.69, 9.17) is 0 Å².